The van der Waals surface area contributed by atoms with E-state index in [0.717, 1.165) is 8.04 Å². The van der Waals surface area contributed by atoms with Gasteiger partial charge >= 0.3 is 5.97 Å². The molecular weight excluding hydrogens is 503 g/mol. The predicted molar refractivity (Wildman–Crippen MR) is 91.3 cm³/mol. The summed E-state index contributed by atoms with van der Waals surface area (Å²) in [6, 6.07) is 10.4. The van der Waals surface area contributed by atoms with Crippen molar-refractivity contribution >= 4 is 66.7 Å². The normalized spacial score (nSPS) is 10.2. The zero-order chi connectivity index (χ0) is 14.7. The molecule has 0 N–H and O–H groups in total. The Labute approximate surface area is 146 Å². The van der Waals surface area contributed by atoms with Gasteiger partial charge in [-0.3, -0.25) is 4.79 Å². The average molecular weight is 510 g/mol. The Morgan fingerprint density at radius 2 is 1.90 bits per heavy atom. The minimum absolute atomic E-state index is 0.216. The maximum absolute atomic E-state index is 12.2. The Hall–Kier alpha value is -0.730. The average Bonchev–Trinajstić information content (AvgIpc) is 2.41. The fourth-order valence-electron chi connectivity index (χ4n) is 1.55. The lowest BCUT2D eigenvalue weighted by Crippen LogP contribution is -2.11. The highest BCUT2D eigenvalue weighted by Gasteiger charge is 2.17. The van der Waals surface area contributed by atoms with E-state index < -0.39 is 5.97 Å². The number of hydrogen-bond donors (Lipinski definition) is 0. The summed E-state index contributed by atoms with van der Waals surface area (Å²) in [5, 5.41) is 0. The molecule has 0 atom stereocenters. The highest BCUT2D eigenvalue weighted by atomic mass is 127. The molecular formula is C14H7Br2IO3. The number of benzene rings is 2. The van der Waals surface area contributed by atoms with Crippen molar-refractivity contribution in [2.75, 3.05) is 0 Å². The molecule has 6 heteroatoms. The summed E-state index contributed by atoms with van der Waals surface area (Å²) < 4.78 is 7.39. The molecule has 2 rings (SSSR count). The van der Waals surface area contributed by atoms with Gasteiger partial charge in [-0.05, 0) is 62.8 Å². The molecule has 0 unspecified atom stereocenters. The van der Waals surface area contributed by atoms with Crippen molar-refractivity contribution in [3.8, 4) is 5.75 Å². The van der Waals surface area contributed by atoms with Gasteiger partial charge in [0.25, 0.3) is 0 Å². The first-order valence-electron chi connectivity index (χ1n) is 5.44. The summed E-state index contributed by atoms with van der Waals surface area (Å²) >= 11 is 8.63. The second-order valence-corrected chi connectivity index (χ2v) is 6.73. The maximum Gasteiger partial charge on any atom is 0.344 e. The van der Waals surface area contributed by atoms with Gasteiger partial charge in [-0.15, -0.1) is 0 Å². The largest absolute Gasteiger partial charge is 0.421 e. The Balaban J connectivity index is 2.38. The molecule has 0 spiro atoms. The van der Waals surface area contributed by atoms with Gasteiger partial charge in [0.2, 0.25) is 0 Å². The van der Waals surface area contributed by atoms with Crippen molar-refractivity contribution in [2.45, 2.75) is 0 Å². The first-order valence-corrected chi connectivity index (χ1v) is 8.10. The molecule has 0 saturated heterocycles. The van der Waals surface area contributed by atoms with Gasteiger partial charge in [0.15, 0.2) is 12.0 Å². The Bertz CT molecular complexity index is 686. The van der Waals surface area contributed by atoms with Crippen LogP contribution in [-0.4, -0.2) is 12.3 Å². The van der Waals surface area contributed by atoms with Gasteiger partial charge in [-0.25, -0.2) is 4.79 Å². The number of aldehydes is 1. The van der Waals surface area contributed by atoms with E-state index >= 15 is 0 Å². The predicted octanol–water partition coefficient (Wildman–Crippen LogP) is 4.85. The van der Waals surface area contributed by atoms with E-state index in [0.29, 0.717) is 21.9 Å². The first-order chi connectivity index (χ1) is 9.52. The summed E-state index contributed by atoms with van der Waals surface area (Å²) in [4.78, 5) is 23.2. The second kappa shape index (κ2) is 6.82. The van der Waals surface area contributed by atoms with Crippen LogP contribution in [0, 0.1) is 3.57 Å². The van der Waals surface area contributed by atoms with Crippen molar-refractivity contribution in [1.82, 2.24) is 0 Å². The van der Waals surface area contributed by atoms with Gasteiger partial charge in [0.1, 0.15) is 0 Å². The molecule has 0 radical (unpaired) electrons. The van der Waals surface area contributed by atoms with Crippen molar-refractivity contribution < 1.29 is 14.3 Å². The fraction of sp³-hybridized carbons (Fsp3) is 0. The molecule has 0 aliphatic heterocycles. The third-order valence-corrected chi connectivity index (χ3v) is 4.44. The second-order valence-electron chi connectivity index (χ2n) is 3.79. The van der Waals surface area contributed by atoms with Gasteiger partial charge in [0, 0.05) is 8.04 Å². The molecule has 0 amide bonds. The van der Waals surface area contributed by atoms with Crippen LogP contribution in [-0.2, 0) is 0 Å². The highest BCUT2D eigenvalue weighted by molar-refractivity contribution is 14.1. The summed E-state index contributed by atoms with van der Waals surface area (Å²) in [7, 11) is 0. The molecule has 2 aromatic rings. The monoisotopic (exact) mass is 508 g/mol. The topological polar surface area (TPSA) is 43.4 Å². The molecule has 20 heavy (non-hydrogen) atoms. The molecule has 0 aliphatic rings. The number of ether oxygens (including phenoxy) is 1. The molecule has 0 bridgehead atoms. The van der Waals surface area contributed by atoms with E-state index in [1.54, 1.807) is 24.3 Å². The summed E-state index contributed by atoms with van der Waals surface area (Å²) in [5.41, 5.74) is 0.755. The Morgan fingerprint density at radius 3 is 2.55 bits per heavy atom. The van der Waals surface area contributed by atoms with E-state index in [1.807, 2.05) is 12.1 Å². The van der Waals surface area contributed by atoms with E-state index in [-0.39, 0.29) is 5.75 Å². The number of halogens is 3. The lowest BCUT2D eigenvalue weighted by Gasteiger charge is -2.10. The minimum Gasteiger partial charge on any atom is -0.421 e. The lowest BCUT2D eigenvalue weighted by atomic mass is 10.2. The number of esters is 1. The number of carbonyl (C=O) groups excluding carboxylic acids is 2. The zero-order valence-electron chi connectivity index (χ0n) is 9.90. The molecule has 3 nitrogen and oxygen atoms in total. The standard InChI is InChI=1S/C14H7Br2IO3/c15-9-5-8(7-18)13(11(16)6-9)20-14(19)10-3-1-2-4-12(10)17/h1-7H. The van der Waals surface area contributed by atoms with Crippen molar-refractivity contribution in [3.05, 3.63) is 60.0 Å². The smallest absolute Gasteiger partial charge is 0.344 e. The highest BCUT2D eigenvalue weighted by Crippen LogP contribution is 2.32. The van der Waals surface area contributed by atoms with Crippen LogP contribution in [0.25, 0.3) is 0 Å². The molecule has 0 aromatic heterocycles. The van der Waals surface area contributed by atoms with Gasteiger partial charge in [-0.1, -0.05) is 28.1 Å². The third-order valence-electron chi connectivity index (χ3n) is 2.45. The van der Waals surface area contributed by atoms with Crippen LogP contribution in [0.5, 0.6) is 5.75 Å². The van der Waals surface area contributed by atoms with Crippen molar-refractivity contribution in [2.24, 2.45) is 0 Å². The maximum atomic E-state index is 12.2. The van der Waals surface area contributed by atoms with Crippen molar-refractivity contribution in [3.63, 3.8) is 0 Å². The summed E-state index contributed by atoms with van der Waals surface area (Å²) in [6.45, 7) is 0. The van der Waals surface area contributed by atoms with Gasteiger partial charge < -0.3 is 4.74 Å². The van der Waals surface area contributed by atoms with E-state index in [9.17, 15) is 9.59 Å². The zero-order valence-corrected chi connectivity index (χ0v) is 15.2. The van der Waals surface area contributed by atoms with E-state index in [4.69, 9.17) is 4.74 Å². The van der Waals surface area contributed by atoms with Gasteiger partial charge in [-0.2, -0.15) is 0 Å². The van der Waals surface area contributed by atoms with Crippen LogP contribution in [0.1, 0.15) is 20.7 Å². The minimum atomic E-state index is -0.499. The van der Waals surface area contributed by atoms with Crippen LogP contribution < -0.4 is 4.74 Å². The lowest BCUT2D eigenvalue weighted by molar-refractivity contribution is 0.0731. The molecule has 0 saturated carbocycles. The van der Waals surface area contributed by atoms with Crippen LogP contribution >= 0.6 is 54.5 Å². The Kier molecular flexibility index (Phi) is 5.34. The van der Waals surface area contributed by atoms with E-state index in [2.05, 4.69) is 54.5 Å². The number of rotatable bonds is 3. The molecule has 0 fully saturated rings. The quantitative estimate of drug-likeness (QED) is 0.257. The molecule has 0 aliphatic carbocycles. The molecule has 0 heterocycles. The fourth-order valence-corrected chi connectivity index (χ4v) is 3.50. The Morgan fingerprint density at radius 1 is 1.20 bits per heavy atom. The van der Waals surface area contributed by atoms with Crippen LogP contribution in [0.2, 0.25) is 0 Å². The van der Waals surface area contributed by atoms with Gasteiger partial charge in [0.05, 0.1) is 15.6 Å². The summed E-state index contributed by atoms with van der Waals surface area (Å²) in [5.74, 6) is -0.283. The third kappa shape index (κ3) is 3.48. The summed E-state index contributed by atoms with van der Waals surface area (Å²) in [6.07, 6.45) is 0.647. The number of carbonyl (C=O) groups is 2. The van der Waals surface area contributed by atoms with Crippen LogP contribution in [0.15, 0.2) is 45.3 Å². The SMILES string of the molecule is O=Cc1cc(Br)cc(Br)c1OC(=O)c1ccccc1I. The molecule has 2 aromatic carbocycles. The molecule has 102 valence electrons. The van der Waals surface area contributed by atoms with E-state index in [1.165, 1.54) is 0 Å². The first kappa shape index (κ1) is 15.7. The van der Waals surface area contributed by atoms with Crippen molar-refractivity contribution in [1.29, 1.82) is 0 Å². The number of hydrogen-bond acceptors (Lipinski definition) is 3. The van der Waals surface area contributed by atoms with Crippen LogP contribution in [0.4, 0.5) is 0 Å². The van der Waals surface area contributed by atoms with Crippen LogP contribution in [0.3, 0.4) is 0 Å².